The predicted octanol–water partition coefficient (Wildman–Crippen LogP) is 6.60. The molecule has 0 fully saturated rings. The van der Waals surface area contributed by atoms with Crippen LogP contribution in [0.25, 0.3) is 6.08 Å². The third-order valence-electron chi connectivity index (χ3n) is 3.72. The summed E-state index contributed by atoms with van der Waals surface area (Å²) in [4.78, 5) is 0. The van der Waals surface area contributed by atoms with E-state index in [9.17, 15) is 0 Å². The Morgan fingerprint density at radius 2 is 1.25 bits per heavy atom. The van der Waals surface area contributed by atoms with Gasteiger partial charge in [0.15, 0.2) is 0 Å². The number of hydrogen-bond acceptors (Lipinski definition) is 2. The van der Waals surface area contributed by atoms with E-state index < -0.39 is 0 Å². The zero-order valence-corrected chi connectivity index (χ0v) is 13.9. The molecule has 24 heavy (non-hydrogen) atoms. The van der Waals surface area contributed by atoms with Gasteiger partial charge in [0.05, 0.1) is 0 Å². The second-order valence-electron chi connectivity index (χ2n) is 5.59. The van der Waals surface area contributed by atoms with Crippen LogP contribution < -0.4 is 10.6 Å². The molecular formula is C22H22N2. The molecule has 0 radical (unpaired) electrons. The van der Waals surface area contributed by atoms with E-state index in [1.54, 1.807) is 0 Å². The normalized spacial score (nSPS) is 10.7. The highest BCUT2D eigenvalue weighted by atomic mass is 14.9. The third-order valence-corrected chi connectivity index (χ3v) is 3.72. The maximum Gasteiger partial charge on any atom is 0.0457 e. The maximum absolute atomic E-state index is 3.49. The fraction of sp³-hybridized carbons (Fsp3) is 0.0909. The largest absolute Gasteiger partial charge is 0.356 e. The summed E-state index contributed by atoms with van der Waals surface area (Å²) in [5.41, 5.74) is 5.56. The van der Waals surface area contributed by atoms with Crippen LogP contribution in [0.2, 0.25) is 0 Å². The number of allylic oxidation sites excluding steroid dienone is 1. The molecule has 0 bridgehead atoms. The van der Waals surface area contributed by atoms with Gasteiger partial charge in [-0.25, -0.2) is 0 Å². The van der Waals surface area contributed by atoms with Crippen molar-refractivity contribution >= 4 is 28.8 Å². The molecule has 0 heterocycles. The van der Waals surface area contributed by atoms with Crippen molar-refractivity contribution in [1.29, 1.82) is 0 Å². The molecular weight excluding hydrogens is 292 g/mol. The van der Waals surface area contributed by atoms with Crippen LogP contribution in [-0.4, -0.2) is 0 Å². The van der Waals surface area contributed by atoms with Gasteiger partial charge in [0.1, 0.15) is 0 Å². The average Bonchev–Trinajstić information content (AvgIpc) is 2.63. The number of nitrogens with one attached hydrogen (secondary N) is 2. The van der Waals surface area contributed by atoms with Crippen LogP contribution in [0.5, 0.6) is 0 Å². The van der Waals surface area contributed by atoms with Gasteiger partial charge in [-0.05, 0) is 54.4 Å². The lowest BCUT2D eigenvalue weighted by Gasteiger charge is -2.11. The summed E-state index contributed by atoms with van der Waals surface area (Å²) >= 11 is 0. The molecule has 0 spiro atoms. The zero-order chi connectivity index (χ0) is 16.6. The molecule has 0 saturated heterocycles. The number of anilines is 4. The standard InChI is InChI=1S/C22H22N2/c1-2-3-9-18-10-7-8-13-22(18)24-21-16-14-20(15-17-21)23-19-11-5-4-6-12-19/h3-17,23-24H,2H2,1H3/b9-3+. The predicted molar refractivity (Wildman–Crippen MR) is 105 cm³/mol. The van der Waals surface area contributed by atoms with Crippen LogP contribution >= 0.6 is 0 Å². The monoisotopic (exact) mass is 314 g/mol. The van der Waals surface area contributed by atoms with Gasteiger partial charge < -0.3 is 10.6 Å². The second kappa shape index (κ2) is 8.02. The second-order valence-corrected chi connectivity index (χ2v) is 5.59. The van der Waals surface area contributed by atoms with Crippen molar-refractivity contribution in [2.45, 2.75) is 13.3 Å². The molecule has 3 aromatic rings. The van der Waals surface area contributed by atoms with Crippen LogP contribution in [0.4, 0.5) is 22.7 Å². The van der Waals surface area contributed by atoms with E-state index in [0.717, 1.165) is 29.2 Å². The van der Waals surface area contributed by atoms with E-state index in [-0.39, 0.29) is 0 Å². The molecule has 0 atom stereocenters. The first-order chi connectivity index (χ1) is 11.8. The Morgan fingerprint density at radius 3 is 1.96 bits per heavy atom. The van der Waals surface area contributed by atoms with Crippen molar-refractivity contribution in [2.24, 2.45) is 0 Å². The lowest BCUT2D eigenvalue weighted by atomic mass is 10.1. The smallest absolute Gasteiger partial charge is 0.0457 e. The fourth-order valence-electron chi connectivity index (χ4n) is 2.48. The summed E-state index contributed by atoms with van der Waals surface area (Å²) in [6.07, 6.45) is 5.37. The molecule has 0 aliphatic carbocycles. The lowest BCUT2D eigenvalue weighted by Crippen LogP contribution is -1.94. The summed E-state index contributed by atoms with van der Waals surface area (Å²) in [5.74, 6) is 0. The highest BCUT2D eigenvalue weighted by Crippen LogP contribution is 2.24. The Labute approximate surface area is 143 Å². The third kappa shape index (κ3) is 4.26. The molecule has 0 aromatic heterocycles. The van der Waals surface area contributed by atoms with Crippen LogP contribution in [0.1, 0.15) is 18.9 Å². The minimum atomic E-state index is 1.04. The highest BCUT2D eigenvalue weighted by molar-refractivity contribution is 5.73. The SMILES string of the molecule is CC/C=C/c1ccccc1Nc1ccc(Nc2ccccc2)cc1. The molecule has 120 valence electrons. The van der Waals surface area contributed by atoms with Gasteiger partial charge in [-0.1, -0.05) is 55.5 Å². The molecule has 2 nitrogen and oxygen atoms in total. The van der Waals surface area contributed by atoms with Gasteiger partial charge in [-0.2, -0.15) is 0 Å². The summed E-state index contributed by atoms with van der Waals surface area (Å²) in [6.45, 7) is 2.14. The minimum absolute atomic E-state index is 1.04. The van der Waals surface area contributed by atoms with Gasteiger partial charge >= 0.3 is 0 Å². The molecule has 0 aliphatic rings. The highest BCUT2D eigenvalue weighted by Gasteiger charge is 2.00. The van der Waals surface area contributed by atoms with Crippen molar-refractivity contribution in [2.75, 3.05) is 10.6 Å². The first-order valence-corrected chi connectivity index (χ1v) is 8.30. The first kappa shape index (κ1) is 15.9. The van der Waals surface area contributed by atoms with E-state index in [1.165, 1.54) is 5.56 Å². The minimum Gasteiger partial charge on any atom is -0.356 e. The van der Waals surface area contributed by atoms with Crippen LogP contribution in [-0.2, 0) is 0 Å². The molecule has 0 aliphatic heterocycles. The van der Waals surface area contributed by atoms with Gasteiger partial charge in [0, 0.05) is 22.7 Å². The maximum atomic E-state index is 3.49. The van der Waals surface area contributed by atoms with Crippen LogP contribution in [0.3, 0.4) is 0 Å². The van der Waals surface area contributed by atoms with E-state index in [0.29, 0.717) is 0 Å². The summed E-state index contributed by atoms with van der Waals surface area (Å²) in [6, 6.07) is 26.9. The van der Waals surface area contributed by atoms with Gasteiger partial charge in [0.2, 0.25) is 0 Å². The molecule has 3 aromatic carbocycles. The van der Waals surface area contributed by atoms with Gasteiger partial charge in [-0.15, -0.1) is 0 Å². The first-order valence-electron chi connectivity index (χ1n) is 8.30. The van der Waals surface area contributed by atoms with Crippen molar-refractivity contribution in [3.05, 3.63) is 90.5 Å². The Bertz CT molecular complexity index is 790. The number of benzene rings is 3. The van der Waals surface area contributed by atoms with Gasteiger partial charge in [-0.3, -0.25) is 0 Å². The van der Waals surface area contributed by atoms with Crippen molar-refractivity contribution in [3.63, 3.8) is 0 Å². The number of hydrogen-bond donors (Lipinski definition) is 2. The molecule has 2 N–H and O–H groups in total. The zero-order valence-electron chi connectivity index (χ0n) is 13.9. The quantitative estimate of drug-likeness (QED) is 0.536. The van der Waals surface area contributed by atoms with E-state index in [4.69, 9.17) is 0 Å². The Kier molecular flexibility index (Phi) is 5.31. The molecule has 0 unspecified atom stereocenters. The van der Waals surface area contributed by atoms with Crippen molar-refractivity contribution < 1.29 is 0 Å². The molecule has 3 rings (SSSR count). The summed E-state index contributed by atoms with van der Waals surface area (Å²) in [5, 5.41) is 6.89. The lowest BCUT2D eigenvalue weighted by molar-refractivity contribution is 1.23. The van der Waals surface area contributed by atoms with Crippen molar-refractivity contribution in [3.8, 4) is 0 Å². The Morgan fingerprint density at radius 1 is 0.667 bits per heavy atom. The Balaban J connectivity index is 1.72. The van der Waals surface area contributed by atoms with Crippen LogP contribution in [0.15, 0.2) is 84.9 Å². The molecule has 2 heteroatoms. The molecule has 0 saturated carbocycles. The average molecular weight is 314 g/mol. The summed E-state index contributed by atoms with van der Waals surface area (Å²) in [7, 11) is 0. The van der Waals surface area contributed by atoms with E-state index in [1.807, 2.05) is 18.2 Å². The molecule has 0 amide bonds. The van der Waals surface area contributed by atoms with E-state index in [2.05, 4.69) is 90.4 Å². The van der Waals surface area contributed by atoms with Gasteiger partial charge in [0.25, 0.3) is 0 Å². The Hall–Kier alpha value is -3.00. The van der Waals surface area contributed by atoms with Crippen molar-refractivity contribution in [1.82, 2.24) is 0 Å². The number of rotatable bonds is 6. The topological polar surface area (TPSA) is 24.1 Å². The number of para-hydroxylation sites is 2. The fourth-order valence-corrected chi connectivity index (χ4v) is 2.48. The summed E-state index contributed by atoms with van der Waals surface area (Å²) < 4.78 is 0. The van der Waals surface area contributed by atoms with E-state index >= 15 is 0 Å². The van der Waals surface area contributed by atoms with Crippen LogP contribution in [0, 0.1) is 0 Å².